The van der Waals surface area contributed by atoms with Gasteiger partial charge >= 0.3 is 0 Å². The molecule has 138 valence electrons. The third-order valence-corrected chi connectivity index (χ3v) is 5.92. The van der Waals surface area contributed by atoms with Crippen LogP contribution in [-0.2, 0) is 5.60 Å². The number of nitrogens with zero attached hydrogens (tertiary/aromatic N) is 2. The zero-order valence-corrected chi connectivity index (χ0v) is 16.3. The number of aryl methyl sites for hydroxylation is 2. The fourth-order valence-electron chi connectivity index (χ4n) is 3.06. The summed E-state index contributed by atoms with van der Waals surface area (Å²) in [4.78, 5) is 4.64. The number of halogens is 1. The highest BCUT2D eigenvalue weighted by Gasteiger charge is 2.35. The summed E-state index contributed by atoms with van der Waals surface area (Å²) in [7, 11) is 0. The molecule has 0 spiro atoms. The van der Waals surface area contributed by atoms with Gasteiger partial charge < -0.3 is 5.11 Å². The van der Waals surface area contributed by atoms with Gasteiger partial charge in [0.15, 0.2) is 0 Å². The molecule has 0 fully saturated rings. The van der Waals surface area contributed by atoms with Crippen LogP contribution in [0.5, 0.6) is 0 Å². The summed E-state index contributed by atoms with van der Waals surface area (Å²) < 4.78 is 22.2. The van der Waals surface area contributed by atoms with Crippen LogP contribution in [0.3, 0.4) is 0 Å². The van der Waals surface area contributed by atoms with Crippen molar-refractivity contribution < 1.29 is 10.9 Å². The third-order valence-electron chi connectivity index (χ3n) is 4.89. The molecule has 3 aromatic rings. The summed E-state index contributed by atoms with van der Waals surface area (Å²) >= 11 is 1.40. The Labute approximate surface area is 164 Å². The fourth-order valence-corrected chi connectivity index (χ4v) is 4.04. The molecule has 0 bridgehead atoms. The van der Waals surface area contributed by atoms with E-state index < -0.39 is 17.3 Å². The summed E-state index contributed by atoms with van der Waals surface area (Å²) in [6.45, 7) is 5.01. The normalized spacial score (nSPS) is 14.9. The second-order valence-electron chi connectivity index (χ2n) is 6.82. The molecule has 1 heterocycles. The second-order valence-corrected chi connectivity index (χ2v) is 7.71. The van der Waals surface area contributed by atoms with Crippen molar-refractivity contribution in [2.24, 2.45) is 0 Å². The van der Waals surface area contributed by atoms with Crippen LogP contribution in [0.2, 0.25) is 0 Å². The Balaban J connectivity index is 1.98. The highest BCUT2D eigenvalue weighted by molar-refractivity contribution is 7.10. The molecule has 0 aliphatic rings. The first kappa shape index (κ1) is 17.8. The van der Waals surface area contributed by atoms with Crippen molar-refractivity contribution in [3.05, 3.63) is 74.9 Å². The van der Waals surface area contributed by atoms with Gasteiger partial charge in [-0.1, -0.05) is 25.1 Å². The zero-order chi connectivity index (χ0) is 20.5. The van der Waals surface area contributed by atoms with Gasteiger partial charge in [0.1, 0.15) is 5.82 Å². The second kappa shape index (κ2) is 7.22. The Morgan fingerprint density at radius 2 is 1.96 bits per heavy atom. The number of thiazole rings is 1. The van der Waals surface area contributed by atoms with Crippen LogP contribution < -0.4 is 0 Å². The lowest BCUT2D eigenvalue weighted by atomic mass is 9.81. The molecule has 0 saturated heterocycles. The van der Waals surface area contributed by atoms with Crippen LogP contribution in [0.1, 0.15) is 48.4 Å². The topological polar surface area (TPSA) is 56.9 Å². The maximum atomic E-state index is 14.2. The maximum absolute atomic E-state index is 14.2. The van der Waals surface area contributed by atoms with Crippen molar-refractivity contribution in [1.82, 2.24) is 4.98 Å². The minimum absolute atomic E-state index is 0.302. The first-order valence-corrected chi connectivity index (χ1v) is 9.43. The van der Waals surface area contributed by atoms with Crippen LogP contribution in [0.4, 0.5) is 4.39 Å². The van der Waals surface area contributed by atoms with E-state index in [1.54, 1.807) is 25.1 Å². The van der Waals surface area contributed by atoms with Gasteiger partial charge in [-0.25, -0.2) is 9.37 Å². The standard InChI is InChI=1S/C22H21FN2OS/c1-13-9-14(2)19(23)10-18(13)22(4,26)15(3)21-25-20(12-27-21)17-7-5-16(11-24)6-8-17/h5-10,12,15,26H,1-4H3/i4T. The number of hydrogen-bond donors (Lipinski definition) is 1. The summed E-state index contributed by atoms with van der Waals surface area (Å²) in [5.41, 5.74) is 2.35. The van der Waals surface area contributed by atoms with Crippen molar-refractivity contribution in [1.29, 1.82) is 5.26 Å². The number of hydrogen-bond acceptors (Lipinski definition) is 4. The Hall–Kier alpha value is -2.55. The summed E-state index contributed by atoms with van der Waals surface area (Å²) in [6.07, 6.45) is 0. The van der Waals surface area contributed by atoms with Crippen molar-refractivity contribution in [3.63, 3.8) is 0 Å². The molecule has 3 nitrogen and oxygen atoms in total. The molecule has 0 aliphatic carbocycles. The van der Waals surface area contributed by atoms with E-state index in [-0.39, 0.29) is 6.90 Å². The van der Waals surface area contributed by atoms with Crippen molar-refractivity contribution in [3.8, 4) is 17.3 Å². The third kappa shape index (κ3) is 3.64. The highest BCUT2D eigenvalue weighted by atomic mass is 32.1. The fraction of sp³-hybridized carbons (Fsp3) is 0.273. The lowest BCUT2D eigenvalue weighted by Crippen LogP contribution is -2.29. The van der Waals surface area contributed by atoms with E-state index in [1.165, 1.54) is 17.4 Å². The molecule has 2 atom stereocenters. The predicted molar refractivity (Wildman–Crippen MR) is 106 cm³/mol. The molecule has 0 amide bonds. The molecular formula is C22H21FN2OS. The van der Waals surface area contributed by atoms with Gasteiger partial charge in [0.05, 0.1) is 27.9 Å². The molecule has 2 unspecified atom stereocenters. The zero-order valence-electron chi connectivity index (χ0n) is 16.5. The minimum Gasteiger partial charge on any atom is -0.385 e. The maximum Gasteiger partial charge on any atom is 0.126 e. The predicted octanol–water partition coefficient (Wildman–Crippen LogP) is 5.45. The number of rotatable bonds is 4. The van der Waals surface area contributed by atoms with Gasteiger partial charge in [-0.3, -0.25) is 0 Å². The molecule has 1 N–H and O–H groups in total. The number of nitriles is 1. The lowest BCUT2D eigenvalue weighted by Gasteiger charge is -2.31. The van der Waals surface area contributed by atoms with Gasteiger partial charge in [0.2, 0.25) is 0 Å². The quantitative estimate of drug-likeness (QED) is 0.653. The van der Waals surface area contributed by atoms with Crippen molar-refractivity contribution in [2.45, 2.75) is 39.2 Å². The lowest BCUT2D eigenvalue weighted by molar-refractivity contribution is 0.0314. The number of benzene rings is 2. The van der Waals surface area contributed by atoms with Crippen molar-refractivity contribution >= 4 is 11.3 Å². The number of aliphatic hydroxyl groups is 1. The Bertz CT molecular complexity index is 1040. The molecule has 0 radical (unpaired) electrons. The summed E-state index contributed by atoms with van der Waals surface area (Å²) in [5, 5.41) is 22.8. The smallest absolute Gasteiger partial charge is 0.126 e. The molecule has 3 rings (SSSR count). The largest absolute Gasteiger partial charge is 0.385 e. The summed E-state index contributed by atoms with van der Waals surface area (Å²) in [5.74, 6) is -0.875. The van der Waals surface area contributed by atoms with Crippen molar-refractivity contribution in [2.75, 3.05) is 0 Å². The molecule has 1 aromatic heterocycles. The van der Waals surface area contributed by atoms with Crippen LogP contribution >= 0.6 is 11.3 Å². The molecule has 27 heavy (non-hydrogen) atoms. The van der Waals surface area contributed by atoms with E-state index >= 15 is 0 Å². The molecule has 0 aliphatic heterocycles. The molecule has 2 aromatic carbocycles. The van der Waals surface area contributed by atoms with Gasteiger partial charge in [0.25, 0.3) is 0 Å². The van der Waals surface area contributed by atoms with Crippen LogP contribution in [0.25, 0.3) is 11.3 Å². The molecule has 5 heteroatoms. The van der Waals surface area contributed by atoms with Crippen LogP contribution in [0.15, 0.2) is 41.8 Å². The van der Waals surface area contributed by atoms with E-state index in [1.807, 2.05) is 31.4 Å². The summed E-state index contributed by atoms with van der Waals surface area (Å²) in [6, 6.07) is 12.2. The molecular weight excluding hydrogens is 359 g/mol. The average molecular weight is 382 g/mol. The van der Waals surface area contributed by atoms with Crippen LogP contribution in [-0.4, -0.2) is 10.1 Å². The van der Waals surface area contributed by atoms with E-state index in [0.29, 0.717) is 21.7 Å². The first-order valence-electron chi connectivity index (χ1n) is 9.25. The van der Waals surface area contributed by atoms with E-state index in [9.17, 15) is 9.50 Å². The van der Waals surface area contributed by atoms with Gasteiger partial charge in [-0.05, 0) is 55.6 Å². The molecule has 0 saturated carbocycles. The Kier molecular flexibility index (Phi) is 4.77. The first-order chi connectivity index (χ1) is 13.3. The van der Waals surface area contributed by atoms with E-state index in [0.717, 1.165) is 16.8 Å². The minimum atomic E-state index is -1.54. The average Bonchev–Trinajstić information content (AvgIpc) is 3.19. The number of aromatic nitrogens is 1. The van der Waals surface area contributed by atoms with Crippen LogP contribution in [0, 0.1) is 31.0 Å². The monoisotopic (exact) mass is 382 g/mol. The van der Waals surface area contributed by atoms with E-state index in [4.69, 9.17) is 6.63 Å². The van der Waals surface area contributed by atoms with Gasteiger partial charge in [-0.15, -0.1) is 11.3 Å². The highest BCUT2D eigenvalue weighted by Crippen LogP contribution is 2.40. The Morgan fingerprint density at radius 1 is 1.26 bits per heavy atom. The van der Waals surface area contributed by atoms with Gasteiger partial charge in [0, 0.05) is 18.2 Å². The van der Waals surface area contributed by atoms with E-state index in [2.05, 4.69) is 11.1 Å². The Morgan fingerprint density at radius 3 is 2.59 bits per heavy atom. The SMILES string of the molecule is [3H]CC(O)(c1cc(F)c(C)cc1C)C(C)c1nc(-c2ccc(C#N)cc2)cs1. The van der Waals surface area contributed by atoms with Gasteiger partial charge in [-0.2, -0.15) is 5.26 Å².